The lowest BCUT2D eigenvalue weighted by Gasteiger charge is -2.34. The van der Waals surface area contributed by atoms with Crippen molar-refractivity contribution in [2.24, 2.45) is 5.73 Å². The number of hydrogen-bond donors (Lipinski definition) is 1. The molecule has 1 amide bonds. The van der Waals surface area contributed by atoms with E-state index < -0.39 is 5.41 Å². The first-order chi connectivity index (χ1) is 13.1. The largest absolute Gasteiger partial charge is 0.438 e. The van der Waals surface area contributed by atoms with Crippen LogP contribution in [0, 0.1) is 11.3 Å². The van der Waals surface area contributed by atoms with Gasteiger partial charge in [-0.3, -0.25) is 9.78 Å². The minimum Gasteiger partial charge on any atom is -0.438 e. The van der Waals surface area contributed by atoms with Gasteiger partial charge in [0.1, 0.15) is 22.6 Å². The van der Waals surface area contributed by atoms with Crippen molar-refractivity contribution < 1.29 is 9.53 Å². The molecule has 0 fully saturated rings. The second-order valence-electron chi connectivity index (χ2n) is 6.60. The number of hydrogen-bond acceptors (Lipinski definition) is 5. The summed E-state index contributed by atoms with van der Waals surface area (Å²) in [4.78, 5) is 19.6. The van der Waals surface area contributed by atoms with Crippen LogP contribution in [0.4, 0.5) is 5.69 Å². The molecule has 1 atom stereocenters. The number of fused-ring (bicyclic) bond motifs is 6. The Morgan fingerprint density at radius 1 is 1.15 bits per heavy atom. The van der Waals surface area contributed by atoms with E-state index in [4.69, 9.17) is 10.5 Å². The summed E-state index contributed by atoms with van der Waals surface area (Å²) in [7, 11) is 1.70. The number of nitrogens with zero attached hydrogens (tertiary/aromatic N) is 3. The van der Waals surface area contributed by atoms with Gasteiger partial charge >= 0.3 is 0 Å². The molecule has 6 heteroatoms. The number of rotatable bonds is 0. The number of ether oxygens (including phenoxy) is 1. The first-order valence-electron chi connectivity index (χ1n) is 8.44. The van der Waals surface area contributed by atoms with E-state index in [-0.39, 0.29) is 17.4 Å². The fourth-order valence-corrected chi connectivity index (χ4v) is 4.20. The van der Waals surface area contributed by atoms with Crippen LogP contribution in [0.5, 0.6) is 5.75 Å². The van der Waals surface area contributed by atoms with E-state index in [1.54, 1.807) is 18.1 Å². The molecule has 1 spiro atoms. The molecule has 3 heterocycles. The molecule has 0 saturated carbocycles. The van der Waals surface area contributed by atoms with E-state index in [0.717, 1.165) is 16.6 Å². The average Bonchev–Trinajstić information content (AvgIpc) is 2.91. The number of pyridine rings is 1. The zero-order valence-electron chi connectivity index (χ0n) is 14.4. The Labute approximate surface area is 155 Å². The Bertz CT molecular complexity index is 1220. The van der Waals surface area contributed by atoms with Crippen LogP contribution in [0.15, 0.2) is 66.2 Å². The van der Waals surface area contributed by atoms with Gasteiger partial charge < -0.3 is 15.4 Å². The highest BCUT2D eigenvalue weighted by Crippen LogP contribution is 2.55. The van der Waals surface area contributed by atoms with Crippen LogP contribution in [0.3, 0.4) is 0 Å². The average molecular weight is 354 g/mol. The molecule has 0 radical (unpaired) electrons. The molecule has 3 aromatic rings. The van der Waals surface area contributed by atoms with Crippen molar-refractivity contribution in [1.82, 2.24) is 4.98 Å². The lowest BCUT2D eigenvalue weighted by molar-refractivity contribution is -0.120. The normalized spacial score (nSPS) is 20.4. The summed E-state index contributed by atoms with van der Waals surface area (Å²) in [5, 5.41) is 10.8. The van der Waals surface area contributed by atoms with Gasteiger partial charge in [-0.2, -0.15) is 5.26 Å². The zero-order chi connectivity index (χ0) is 18.8. The number of benzene rings is 2. The number of nitrogens with two attached hydrogens (primary N) is 1. The summed E-state index contributed by atoms with van der Waals surface area (Å²) >= 11 is 0. The minimum absolute atomic E-state index is 0.0680. The number of anilines is 1. The molecule has 2 aliphatic heterocycles. The van der Waals surface area contributed by atoms with E-state index in [0.29, 0.717) is 16.8 Å². The fraction of sp³-hybridized carbons (Fsp3) is 0.0952. The topological polar surface area (TPSA) is 92.2 Å². The van der Waals surface area contributed by atoms with Crippen molar-refractivity contribution in [3.05, 3.63) is 77.3 Å². The number of likely N-dealkylation sites (N-methyl/N-ethyl adjacent to an activating group) is 1. The van der Waals surface area contributed by atoms with Crippen molar-refractivity contribution in [1.29, 1.82) is 5.26 Å². The SMILES string of the molecule is CN1C(=O)[C@]2(C(C#N)=C(N)Oc3c2ccc2cccnc32)c2ccccc21. The fourth-order valence-electron chi connectivity index (χ4n) is 4.20. The molecule has 0 aliphatic carbocycles. The maximum atomic E-state index is 13.6. The molecule has 0 saturated heterocycles. The number of nitriles is 1. The predicted molar refractivity (Wildman–Crippen MR) is 99.8 cm³/mol. The van der Waals surface area contributed by atoms with E-state index in [2.05, 4.69) is 11.1 Å². The monoisotopic (exact) mass is 354 g/mol. The zero-order valence-corrected chi connectivity index (χ0v) is 14.4. The van der Waals surface area contributed by atoms with Crippen LogP contribution in [0.2, 0.25) is 0 Å². The summed E-state index contributed by atoms with van der Waals surface area (Å²) in [5.74, 6) is 0.118. The van der Waals surface area contributed by atoms with E-state index in [1.807, 2.05) is 48.5 Å². The third-order valence-corrected chi connectivity index (χ3v) is 5.37. The van der Waals surface area contributed by atoms with Gasteiger partial charge in [-0.05, 0) is 12.1 Å². The molecule has 0 unspecified atom stereocenters. The summed E-state index contributed by atoms with van der Waals surface area (Å²) in [6, 6.07) is 17.0. The van der Waals surface area contributed by atoms with Crippen LogP contribution in [0.1, 0.15) is 11.1 Å². The molecule has 2 aromatic carbocycles. The van der Waals surface area contributed by atoms with Gasteiger partial charge in [0.2, 0.25) is 11.8 Å². The maximum Gasteiger partial charge on any atom is 0.247 e. The molecule has 27 heavy (non-hydrogen) atoms. The highest BCUT2D eigenvalue weighted by atomic mass is 16.5. The van der Waals surface area contributed by atoms with Gasteiger partial charge in [0.15, 0.2) is 5.75 Å². The Morgan fingerprint density at radius 2 is 1.96 bits per heavy atom. The number of para-hydroxylation sites is 1. The molecule has 2 N–H and O–H groups in total. The van der Waals surface area contributed by atoms with Crippen LogP contribution in [0.25, 0.3) is 10.9 Å². The van der Waals surface area contributed by atoms with Crippen LogP contribution in [-0.4, -0.2) is 17.9 Å². The first-order valence-corrected chi connectivity index (χ1v) is 8.44. The standard InChI is InChI=1S/C21H14N4O2/c1-25-16-7-3-2-6-13(16)21(20(25)26)14-9-8-12-5-4-10-24-17(12)18(14)27-19(23)15(21)11-22/h2-10H,23H2,1H3/t21-/m1/s1. The second-order valence-corrected chi connectivity index (χ2v) is 6.60. The Hall–Kier alpha value is -3.85. The molecular formula is C21H14N4O2. The lowest BCUT2D eigenvalue weighted by Crippen LogP contribution is -2.44. The molecule has 6 nitrogen and oxygen atoms in total. The van der Waals surface area contributed by atoms with Crippen molar-refractivity contribution in [3.63, 3.8) is 0 Å². The molecule has 5 rings (SSSR count). The van der Waals surface area contributed by atoms with Gasteiger partial charge in [-0.25, -0.2) is 0 Å². The van der Waals surface area contributed by atoms with E-state index in [1.165, 1.54) is 0 Å². The number of carbonyl (C=O) groups excluding carboxylic acids is 1. The summed E-state index contributed by atoms with van der Waals surface area (Å²) in [6.45, 7) is 0. The minimum atomic E-state index is -1.33. The Morgan fingerprint density at radius 3 is 2.78 bits per heavy atom. The van der Waals surface area contributed by atoms with Gasteiger partial charge in [0.25, 0.3) is 0 Å². The number of aromatic nitrogens is 1. The van der Waals surface area contributed by atoms with Crippen molar-refractivity contribution in [2.75, 3.05) is 11.9 Å². The molecule has 1 aromatic heterocycles. The second kappa shape index (κ2) is 5.08. The third kappa shape index (κ3) is 1.68. The molecule has 130 valence electrons. The van der Waals surface area contributed by atoms with Crippen LogP contribution in [-0.2, 0) is 10.2 Å². The van der Waals surface area contributed by atoms with Crippen molar-refractivity contribution >= 4 is 22.5 Å². The van der Waals surface area contributed by atoms with Gasteiger partial charge in [-0.15, -0.1) is 0 Å². The van der Waals surface area contributed by atoms with Crippen molar-refractivity contribution in [2.45, 2.75) is 5.41 Å². The molecule has 0 bridgehead atoms. The van der Waals surface area contributed by atoms with Crippen LogP contribution < -0.4 is 15.4 Å². The van der Waals surface area contributed by atoms with Crippen molar-refractivity contribution in [3.8, 4) is 11.8 Å². The van der Waals surface area contributed by atoms with Gasteiger partial charge in [0.05, 0.1) is 0 Å². The maximum absolute atomic E-state index is 13.6. The number of carbonyl (C=O) groups is 1. The Kier molecular flexibility index (Phi) is 2.90. The van der Waals surface area contributed by atoms with E-state index >= 15 is 0 Å². The highest BCUT2D eigenvalue weighted by molar-refractivity contribution is 6.14. The molecule has 2 aliphatic rings. The predicted octanol–water partition coefficient (Wildman–Crippen LogP) is 2.58. The van der Waals surface area contributed by atoms with Gasteiger partial charge in [0, 0.05) is 35.4 Å². The third-order valence-electron chi connectivity index (χ3n) is 5.37. The highest BCUT2D eigenvalue weighted by Gasteiger charge is 2.58. The quantitative estimate of drug-likeness (QED) is 0.670. The first kappa shape index (κ1) is 15.4. The molecular weight excluding hydrogens is 340 g/mol. The summed E-state index contributed by atoms with van der Waals surface area (Å²) in [6.07, 6.45) is 1.66. The van der Waals surface area contributed by atoms with E-state index in [9.17, 15) is 10.1 Å². The summed E-state index contributed by atoms with van der Waals surface area (Å²) in [5.41, 5.74) is 7.58. The summed E-state index contributed by atoms with van der Waals surface area (Å²) < 4.78 is 5.84. The van der Waals surface area contributed by atoms with Crippen LogP contribution >= 0.6 is 0 Å². The number of amides is 1. The smallest absolute Gasteiger partial charge is 0.247 e. The lowest BCUT2D eigenvalue weighted by atomic mass is 9.68. The Balaban J connectivity index is 1.98. The van der Waals surface area contributed by atoms with Gasteiger partial charge in [-0.1, -0.05) is 36.4 Å².